The normalized spacial score (nSPS) is 10.8. The van der Waals surface area contributed by atoms with Crippen molar-refractivity contribution >= 4 is 27.5 Å². The highest BCUT2D eigenvalue weighted by atomic mass is 32.1. The summed E-state index contributed by atoms with van der Waals surface area (Å²) in [7, 11) is 3.43. The number of fused-ring (bicyclic) bond motifs is 1. The van der Waals surface area contributed by atoms with Gasteiger partial charge in [0.05, 0.1) is 5.39 Å². The van der Waals surface area contributed by atoms with Gasteiger partial charge in [-0.15, -0.1) is 11.3 Å². The van der Waals surface area contributed by atoms with E-state index in [2.05, 4.69) is 4.98 Å². The minimum absolute atomic E-state index is 0.168. The van der Waals surface area contributed by atoms with E-state index in [1.54, 1.807) is 26.0 Å². The summed E-state index contributed by atoms with van der Waals surface area (Å²) in [5.74, 6) is -1.03. The highest BCUT2D eigenvalue weighted by Gasteiger charge is 2.18. The van der Waals surface area contributed by atoms with E-state index < -0.39 is 5.97 Å². The molecule has 0 atom stereocenters. The molecule has 1 N–H and O–H groups in total. The fourth-order valence-corrected chi connectivity index (χ4v) is 2.58. The zero-order valence-electron chi connectivity index (χ0n) is 9.59. The number of aryl methyl sites for hydroxylation is 1. The minimum atomic E-state index is -1.03. The minimum Gasteiger partial charge on any atom is -0.477 e. The second kappa shape index (κ2) is 3.85. The van der Waals surface area contributed by atoms with Crippen molar-refractivity contribution in [2.24, 2.45) is 0 Å². The Morgan fingerprint density at radius 3 is 2.71 bits per heavy atom. The zero-order chi connectivity index (χ0) is 12.7. The van der Waals surface area contributed by atoms with Crippen LogP contribution in [0.1, 0.15) is 15.2 Å². The first-order valence-electron chi connectivity index (χ1n) is 4.85. The van der Waals surface area contributed by atoms with Gasteiger partial charge < -0.3 is 10.1 Å². The van der Waals surface area contributed by atoms with Crippen LogP contribution in [0.3, 0.4) is 0 Å². The smallest absolute Gasteiger partial charge is 0.346 e. The predicted octanol–water partition coefficient (Wildman–Crippen LogP) is 0.662. The number of rotatable bonds is 2. The van der Waals surface area contributed by atoms with Gasteiger partial charge >= 0.3 is 5.97 Å². The Morgan fingerprint density at radius 2 is 2.18 bits per heavy atom. The molecule has 0 bridgehead atoms. The monoisotopic (exact) mass is 253 g/mol. The summed E-state index contributed by atoms with van der Waals surface area (Å²) in [5, 5.41) is 11.0. The number of carbonyl (C=O) groups is 1. The average molecular weight is 253 g/mol. The average Bonchev–Trinajstić information content (AvgIpc) is 2.56. The van der Waals surface area contributed by atoms with Crippen LogP contribution >= 0.6 is 11.3 Å². The Labute approximate surface area is 101 Å². The van der Waals surface area contributed by atoms with Gasteiger partial charge in [-0.1, -0.05) is 0 Å². The predicted molar refractivity (Wildman–Crippen MR) is 65.6 cm³/mol. The van der Waals surface area contributed by atoms with Crippen LogP contribution < -0.4 is 10.6 Å². The van der Waals surface area contributed by atoms with E-state index in [9.17, 15) is 9.59 Å². The van der Waals surface area contributed by atoms with Crippen molar-refractivity contribution in [1.29, 1.82) is 0 Å². The van der Waals surface area contributed by atoms with Crippen LogP contribution in [0.5, 0.6) is 0 Å². The Hall–Kier alpha value is -1.89. The van der Waals surface area contributed by atoms with Gasteiger partial charge in [-0.05, 0) is 12.5 Å². The first kappa shape index (κ1) is 11.6. The molecular formula is C10H11N3O3S. The van der Waals surface area contributed by atoms with Crippen LogP contribution in [0.15, 0.2) is 11.1 Å². The van der Waals surface area contributed by atoms with Crippen molar-refractivity contribution in [3.63, 3.8) is 0 Å². The zero-order valence-corrected chi connectivity index (χ0v) is 10.4. The number of hydrogen-bond donors (Lipinski definition) is 1. The molecule has 0 saturated carbocycles. The molecule has 0 saturated heterocycles. The fourth-order valence-electron chi connectivity index (χ4n) is 1.60. The van der Waals surface area contributed by atoms with Crippen LogP contribution in [-0.4, -0.2) is 34.8 Å². The van der Waals surface area contributed by atoms with E-state index in [0.717, 1.165) is 11.3 Å². The van der Waals surface area contributed by atoms with Crippen LogP contribution in [0.4, 0.5) is 0 Å². The van der Waals surface area contributed by atoms with Crippen molar-refractivity contribution in [3.8, 4) is 0 Å². The third kappa shape index (κ3) is 1.68. The van der Waals surface area contributed by atoms with Gasteiger partial charge in [-0.2, -0.15) is 0 Å². The van der Waals surface area contributed by atoms with Crippen LogP contribution in [0.25, 0.3) is 10.2 Å². The maximum absolute atomic E-state index is 12.1. The van der Waals surface area contributed by atoms with E-state index in [-0.39, 0.29) is 10.4 Å². The third-order valence-corrected chi connectivity index (χ3v) is 3.65. The van der Waals surface area contributed by atoms with E-state index in [1.165, 1.54) is 11.0 Å². The Bertz CT molecular complexity index is 657. The Morgan fingerprint density at radius 1 is 1.53 bits per heavy atom. The molecule has 6 nitrogen and oxygen atoms in total. The van der Waals surface area contributed by atoms with Crippen molar-refractivity contribution in [3.05, 3.63) is 27.1 Å². The van der Waals surface area contributed by atoms with Gasteiger partial charge in [0.2, 0.25) is 0 Å². The lowest BCUT2D eigenvalue weighted by Crippen LogP contribution is -2.35. The molecule has 2 heterocycles. The molecule has 2 rings (SSSR count). The number of thiophene rings is 1. The van der Waals surface area contributed by atoms with E-state index >= 15 is 0 Å². The molecule has 0 spiro atoms. The summed E-state index contributed by atoms with van der Waals surface area (Å²) in [6.07, 6.45) is 1.40. The molecular weight excluding hydrogens is 242 g/mol. The Balaban J connectivity index is 2.86. The van der Waals surface area contributed by atoms with Crippen LogP contribution in [-0.2, 0) is 0 Å². The number of hydrogen-bond acceptors (Lipinski definition) is 5. The molecule has 0 radical (unpaired) electrons. The summed E-state index contributed by atoms with van der Waals surface area (Å²) in [6.45, 7) is 1.63. The largest absolute Gasteiger partial charge is 0.477 e. The molecule has 0 amide bonds. The summed E-state index contributed by atoms with van der Waals surface area (Å²) in [4.78, 5) is 27.8. The summed E-state index contributed by atoms with van der Waals surface area (Å²) in [6, 6.07) is 0. The summed E-state index contributed by atoms with van der Waals surface area (Å²) in [5.41, 5.74) is 0.229. The van der Waals surface area contributed by atoms with Crippen molar-refractivity contribution in [1.82, 2.24) is 9.66 Å². The van der Waals surface area contributed by atoms with Crippen molar-refractivity contribution in [2.75, 3.05) is 19.1 Å². The highest BCUT2D eigenvalue weighted by molar-refractivity contribution is 7.20. The molecule has 0 unspecified atom stereocenters. The molecule has 0 aliphatic carbocycles. The molecule has 2 aromatic heterocycles. The molecule has 7 heteroatoms. The second-order valence-corrected chi connectivity index (χ2v) is 4.78. The SMILES string of the molecule is Cc1c(C(=O)O)sc2ncn(N(C)C)c(=O)c12. The van der Waals surface area contributed by atoms with Gasteiger partial charge in [0.25, 0.3) is 5.56 Å². The standard InChI is InChI=1S/C10H11N3O3S/c1-5-6-8(17-7(5)10(15)16)11-4-13(9(6)14)12(2)3/h4H,1-3H3,(H,15,16). The lowest BCUT2D eigenvalue weighted by atomic mass is 10.2. The summed E-state index contributed by atoms with van der Waals surface area (Å²) < 4.78 is 1.34. The number of carboxylic acid groups (broad SMARTS) is 1. The molecule has 90 valence electrons. The molecule has 0 aromatic carbocycles. The molecule has 0 aliphatic heterocycles. The Kier molecular flexibility index (Phi) is 2.62. The quantitative estimate of drug-likeness (QED) is 0.851. The highest BCUT2D eigenvalue weighted by Crippen LogP contribution is 2.26. The van der Waals surface area contributed by atoms with Gasteiger partial charge in [-0.25, -0.2) is 14.5 Å². The second-order valence-electron chi connectivity index (χ2n) is 3.78. The lowest BCUT2D eigenvalue weighted by Gasteiger charge is -2.14. The fraction of sp³-hybridized carbons (Fsp3) is 0.300. The van der Waals surface area contributed by atoms with Crippen LogP contribution in [0.2, 0.25) is 0 Å². The van der Waals surface area contributed by atoms with E-state index in [4.69, 9.17) is 5.11 Å². The molecule has 0 aliphatic rings. The first-order chi connectivity index (χ1) is 7.93. The number of aromatic nitrogens is 2. The van der Waals surface area contributed by atoms with Crippen molar-refractivity contribution in [2.45, 2.75) is 6.92 Å². The van der Waals surface area contributed by atoms with Crippen LogP contribution in [0, 0.1) is 6.92 Å². The van der Waals surface area contributed by atoms with Gasteiger partial charge in [0.1, 0.15) is 16.0 Å². The third-order valence-electron chi connectivity index (χ3n) is 2.46. The lowest BCUT2D eigenvalue weighted by molar-refractivity contribution is 0.0701. The number of carboxylic acids is 1. The first-order valence-corrected chi connectivity index (χ1v) is 5.66. The molecule has 2 aromatic rings. The van der Waals surface area contributed by atoms with Gasteiger partial charge in [0.15, 0.2) is 0 Å². The van der Waals surface area contributed by atoms with E-state index in [1.807, 2.05) is 0 Å². The van der Waals surface area contributed by atoms with Gasteiger partial charge in [0, 0.05) is 14.1 Å². The molecule has 17 heavy (non-hydrogen) atoms. The van der Waals surface area contributed by atoms with E-state index in [0.29, 0.717) is 15.8 Å². The maximum Gasteiger partial charge on any atom is 0.346 e. The molecule has 0 fully saturated rings. The maximum atomic E-state index is 12.1. The summed E-state index contributed by atoms with van der Waals surface area (Å²) >= 11 is 1.02. The van der Waals surface area contributed by atoms with Crippen molar-refractivity contribution < 1.29 is 9.90 Å². The number of aromatic carboxylic acids is 1. The topological polar surface area (TPSA) is 75.4 Å². The number of nitrogens with zero attached hydrogens (tertiary/aromatic N) is 3. The van der Waals surface area contributed by atoms with Gasteiger partial charge in [-0.3, -0.25) is 4.79 Å².